The highest BCUT2D eigenvalue weighted by Crippen LogP contribution is 2.41. The van der Waals surface area contributed by atoms with Gasteiger partial charge in [0.25, 0.3) is 0 Å². The Morgan fingerprint density at radius 3 is 1.84 bits per heavy atom. The molecule has 0 unspecified atom stereocenters. The minimum atomic E-state index is 0.904. The first-order chi connectivity index (χ1) is 24.3. The van der Waals surface area contributed by atoms with Gasteiger partial charge in [-0.2, -0.15) is 0 Å². The van der Waals surface area contributed by atoms with Crippen molar-refractivity contribution in [1.29, 1.82) is 0 Å². The lowest BCUT2D eigenvalue weighted by atomic mass is 10.0. The Hall–Kier alpha value is -6.58. The third-order valence-electron chi connectivity index (χ3n) is 9.77. The molecule has 0 aliphatic rings. The molecule has 0 saturated heterocycles. The van der Waals surface area contributed by atoms with Crippen LogP contribution >= 0.6 is 0 Å². The van der Waals surface area contributed by atoms with E-state index in [4.69, 9.17) is 4.42 Å². The van der Waals surface area contributed by atoms with E-state index in [1.165, 1.54) is 27.2 Å². The second-order valence-corrected chi connectivity index (χ2v) is 12.6. The fourth-order valence-corrected chi connectivity index (χ4v) is 7.46. The fourth-order valence-electron chi connectivity index (χ4n) is 7.46. The highest BCUT2D eigenvalue weighted by Gasteiger charge is 2.18. The summed E-state index contributed by atoms with van der Waals surface area (Å²) in [5.74, 6) is 0. The zero-order valence-electron chi connectivity index (χ0n) is 26.6. The number of rotatable bonds is 5. The van der Waals surface area contributed by atoms with E-state index in [1.807, 2.05) is 0 Å². The minimum absolute atomic E-state index is 0.904. The van der Waals surface area contributed by atoms with Gasteiger partial charge >= 0.3 is 0 Å². The quantitative estimate of drug-likeness (QED) is 0.190. The van der Waals surface area contributed by atoms with Gasteiger partial charge in [0.2, 0.25) is 0 Å². The topological polar surface area (TPSA) is 21.3 Å². The molecule has 0 fully saturated rings. The van der Waals surface area contributed by atoms with E-state index in [0.717, 1.165) is 61.2 Å². The van der Waals surface area contributed by atoms with Crippen molar-refractivity contribution >= 4 is 71.6 Å². The second kappa shape index (κ2) is 11.0. The second-order valence-electron chi connectivity index (χ2n) is 12.6. The first-order valence-corrected chi connectivity index (χ1v) is 16.7. The number of anilines is 3. The summed E-state index contributed by atoms with van der Waals surface area (Å²) in [7, 11) is 0. The highest BCUT2D eigenvalue weighted by atomic mass is 16.3. The molecule has 0 amide bonds. The normalized spacial score (nSPS) is 11.7. The molecule has 0 aliphatic heterocycles. The number of nitrogens with zero attached hydrogens (tertiary/aromatic N) is 2. The van der Waals surface area contributed by atoms with Crippen LogP contribution in [0.15, 0.2) is 186 Å². The molecule has 10 rings (SSSR count). The van der Waals surface area contributed by atoms with Gasteiger partial charge in [-0.25, -0.2) is 0 Å². The summed E-state index contributed by atoms with van der Waals surface area (Å²) in [4.78, 5) is 2.34. The summed E-state index contributed by atoms with van der Waals surface area (Å²) in [6.07, 6.45) is 0. The van der Waals surface area contributed by atoms with Crippen LogP contribution in [0.1, 0.15) is 0 Å². The van der Waals surface area contributed by atoms with Crippen molar-refractivity contribution in [3.05, 3.63) is 182 Å². The van der Waals surface area contributed by atoms with Crippen molar-refractivity contribution in [2.45, 2.75) is 0 Å². The van der Waals surface area contributed by atoms with Crippen LogP contribution in [0.3, 0.4) is 0 Å². The molecule has 0 bridgehead atoms. The molecule has 230 valence electrons. The maximum atomic E-state index is 6.49. The lowest BCUT2D eigenvalue weighted by Gasteiger charge is -2.26. The number of aromatic nitrogens is 1. The predicted octanol–water partition coefficient (Wildman–Crippen LogP) is 13.0. The molecule has 49 heavy (non-hydrogen) atoms. The van der Waals surface area contributed by atoms with Crippen molar-refractivity contribution in [3.63, 3.8) is 0 Å². The van der Waals surface area contributed by atoms with Crippen molar-refractivity contribution in [1.82, 2.24) is 4.57 Å². The molecule has 3 nitrogen and oxygen atoms in total. The zero-order chi connectivity index (χ0) is 32.3. The van der Waals surface area contributed by atoms with Gasteiger partial charge in [0, 0.05) is 49.7 Å². The predicted molar refractivity (Wildman–Crippen MR) is 206 cm³/mol. The summed E-state index contributed by atoms with van der Waals surface area (Å²) in [6.45, 7) is 0. The van der Waals surface area contributed by atoms with Gasteiger partial charge in [0.15, 0.2) is 0 Å². The molecular formula is C46H30N2O. The van der Waals surface area contributed by atoms with E-state index in [9.17, 15) is 0 Å². The monoisotopic (exact) mass is 626 g/mol. The van der Waals surface area contributed by atoms with E-state index in [1.54, 1.807) is 0 Å². The Balaban J connectivity index is 1.09. The number of furan rings is 1. The van der Waals surface area contributed by atoms with Crippen LogP contribution in [0.4, 0.5) is 17.1 Å². The zero-order valence-corrected chi connectivity index (χ0v) is 26.6. The summed E-state index contributed by atoms with van der Waals surface area (Å²) >= 11 is 0. The first kappa shape index (κ1) is 27.5. The lowest BCUT2D eigenvalue weighted by molar-refractivity contribution is 0.673. The lowest BCUT2D eigenvalue weighted by Crippen LogP contribution is -2.10. The summed E-state index contributed by atoms with van der Waals surface area (Å²) in [5.41, 5.74) is 10.9. The van der Waals surface area contributed by atoms with Gasteiger partial charge in [-0.1, -0.05) is 109 Å². The van der Waals surface area contributed by atoms with Gasteiger partial charge in [-0.3, -0.25) is 0 Å². The number of hydrogen-bond donors (Lipinski definition) is 0. The fraction of sp³-hybridized carbons (Fsp3) is 0. The Morgan fingerprint density at radius 2 is 1.00 bits per heavy atom. The first-order valence-electron chi connectivity index (χ1n) is 16.7. The summed E-state index contributed by atoms with van der Waals surface area (Å²) < 4.78 is 8.87. The molecule has 2 aromatic heterocycles. The third-order valence-corrected chi connectivity index (χ3v) is 9.77. The van der Waals surface area contributed by atoms with Gasteiger partial charge in [-0.05, 0) is 89.3 Å². The number of fused-ring (bicyclic) bond motifs is 8. The molecule has 0 spiro atoms. The van der Waals surface area contributed by atoms with Crippen LogP contribution < -0.4 is 4.90 Å². The maximum absolute atomic E-state index is 6.49. The molecule has 0 atom stereocenters. The molecule has 10 aromatic rings. The summed E-state index contributed by atoms with van der Waals surface area (Å²) in [5, 5.41) is 7.11. The molecule has 8 aromatic carbocycles. The van der Waals surface area contributed by atoms with E-state index in [-0.39, 0.29) is 0 Å². The molecule has 0 aliphatic carbocycles. The van der Waals surface area contributed by atoms with Crippen molar-refractivity contribution in [2.75, 3.05) is 4.90 Å². The van der Waals surface area contributed by atoms with Gasteiger partial charge in [0.1, 0.15) is 11.2 Å². The molecule has 0 N–H and O–H groups in total. The Morgan fingerprint density at radius 1 is 0.388 bits per heavy atom. The van der Waals surface area contributed by atoms with Crippen LogP contribution in [-0.2, 0) is 0 Å². The number of para-hydroxylation sites is 3. The average molecular weight is 627 g/mol. The number of benzene rings is 8. The summed E-state index contributed by atoms with van der Waals surface area (Å²) in [6, 6.07) is 64.9. The minimum Gasteiger partial charge on any atom is -0.455 e. The average Bonchev–Trinajstić information content (AvgIpc) is 3.71. The van der Waals surface area contributed by atoms with Crippen LogP contribution in [-0.4, -0.2) is 4.57 Å². The third kappa shape index (κ3) is 4.44. The van der Waals surface area contributed by atoms with E-state index >= 15 is 0 Å². The standard InChI is InChI=1S/C46H30N2O/c1-3-12-34(13-4-1)47(37-25-28-40-39-17-9-10-18-43(39)48(44(40)30-37)35-14-5-2-6-15-35)36-23-19-31(20-24-36)33-22-26-41-42-27-21-32-11-7-8-16-38(32)46(42)49-45(41)29-33/h1-30H. The van der Waals surface area contributed by atoms with Crippen molar-refractivity contribution < 1.29 is 4.42 Å². The SMILES string of the molecule is c1ccc(N(c2ccc(-c3ccc4c(c3)oc3c5ccccc5ccc43)cc2)c2ccc3c4ccccc4n(-c4ccccc4)c3c2)cc1. The van der Waals surface area contributed by atoms with Gasteiger partial charge in [0.05, 0.1) is 11.0 Å². The largest absolute Gasteiger partial charge is 0.455 e. The van der Waals surface area contributed by atoms with Crippen LogP contribution in [0.25, 0.3) is 71.3 Å². The van der Waals surface area contributed by atoms with Crippen LogP contribution in [0.5, 0.6) is 0 Å². The molecular weight excluding hydrogens is 597 g/mol. The smallest absolute Gasteiger partial charge is 0.143 e. The van der Waals surface area contributed by atoms with E-state index < -0.39 is 0 Å². The van der Waals surface area contributed by atoms with Crippen LogP contribution in [0, 0.1) is 0 Å². The Kier molecular flexibility index (Phi) is 6.18. The Bertz CT molecular complexity index is 2810. The number of hydrogen-bond acceptors (Lipinski definition) is 2. The van der Waals surface area contributed by atoms with Crippen molar-refractivity contribution in [3.8, 4) is 16.8 Å². The van der Waals surface area contributed by atoms with E-state index in [2.05, 4.69) is 191 Å². The highest BCUT2D eigenvalue weighted by molar-refractivity contribution is 6.15. The maximum Gasteiger partial charge on any atom is 0.143 e. The van der Waals surface area contributed by atoms with Crippen LogP contribution in [0.2, 0.25) is 0 Å². The van der Waals surface area contributed by atoms with E-state index in [0.29, 0.717) is 0 Å². The Labute approximate surface area is 283 Å². The molecule has 3 heteroatoms. The molecule has 0 saturated carbocycles. The van der Waals surface area contributed by atoms with Gasteiger partial charge < -0.3 is 13.9 Å². The van der Waals surface area contributed by atoms with Crippen molar-refractivity contribution in [2.24, 2.45) is 0 Å². The van der Waals surface area contributed by atoms with Gasteiger partial charge in [-0.15, -0.1) is 0 Å². The molecule has 0 radical (unpaired) electrons. The molecule has 2 heterocycles.